The Hall–Kier alpha value is -1.29. The topological polar surface area (TPSA) is 97.6 Å². The molecule has 7 nitrogen and oxygen atoms in total. The second-order valence-electron chi connectivity index (χ2n) is 5.41. The Bertz CT molecular complexity index is 536. The van der Waals surface area contributed by atoms with Gasteiger partial charge in [-0.05, 0) is 26.0 Å². The average molecular weight is 358 g/mol. The molecule has 1 aromatic rings. The van der Waals surface area contributed by atoms with E-state index < -0.39 is 37.3 Å². The molecule has 134 valence electrons. The van der Waals surface area contributed by atoms with Crippen LogP contribution in [0.5, 0.6) is 5.75 Å². The van der Waals surface area contributed by atoms with Gasteiger partial charge in [-0.2, -0.15) is 0 Å². The van der Waals surface area contributed by atoms with E-state index in [1.54, 1.807) is 19.1 Å². The molecule has 0 saturated carbocycles. The van der Waals surface area contributed by atoms with Gasteiger partial charge in [-0.25, -0.2) is 0 Å². The number of aliphatic hydroxyl groups is 3. The molecular formula is C16H22O7S. The van der Waals surface area contributed by atoms with Gasteiger partial charge in [0.1, 0.15) is 24.1 Å². The van der Waals surface area contributed by atoms with Gasteiger partial charge in [-0.1, -0.05) is 17.7 Å². The Morgan fingerprint density at radius 2 is 1.88 bits per heavy atom. The molecule has 0 spiro atoms. The number of hydrogen-bond acceptors (Lipinski definition) is 8. The molecule has 1 aromatic carbocycles. The quantitative estimate of drug-likeness (QED) is 0.656. The molecule has 0 amide bonds. The normalized spacial score (nSPS) is 30.0. The summed E-state index contributed by atoms with van der Waals surface area (Å²) in [6.45, 7) is 3.50. The van der Waals surface area contributed by atoms with E-state index in [9.17, 15) is 15.3 Å². The fourth-order valence-electron chi connectivity index (χ4n) is 2.33. The Kier molecular flexibility index (Phi) is 6.90. The largest absolute Gasteiger partial charge is 0.447 e. The zero-order valence-electron chi connectivity index (χ0n) is 13.5. The molecule has 0 aromatic heterocycles. The monoisotopic (exact) mass is 358 g/mol. The van der Waals surface area contributed by atoms with Crippen LogP contribution in [0.4, 0.5) is 0 Å². The Balaban J connectivity index is 2.03. The molecule has 0 bridgehead atoms. The van der Waals surface area contributed by atoms with E-state index in [1.807, 2.05) is 19.1 Å². The molecule has 1 saturated heterocycles. The van der Waals surface area contributed by atoms with Gasteiger partial charge in [0.25, 0.3) is 0 Å². The van der Waals surface area contributed by atoms with Crippen molar-refractivity contribution in [1.29, 1.82) is 0 Å². The van der Waals surface area contributed by atoms with Crippen molar-refractivity contribution in [3.8, 4) is 5.75 Å². The summed E-state index contributed by atoms with van der Waals surface area (Å²) in [5, 5.41) is 29.5. The van der Waals surface area contributed by atoms with Gasteiger partial charge < -0.3 is 34.3 Å². The van der Waals surface area contributed by atoms with Crippen molar-refractivity contribution in [2.75, 3.05) is 13.2 Å². The summed E-state index contributed by atoms with van der Waals surface area (Å²) in [5.74, 6) is 0.474. The first-order valence-electron chi connectivity index (χ1n) is 7.65. The van der Waals surface area contributed by atoms with Crippen molar-refractivity contribution < 1.29 is 34.3 Å². The fourth-order valence-corrected chi connectivity index (χ4v) is 2.54. The van der Waals surface area contributed by atoms with E-state index in [0.717, 1.165) is 5.56 Å². The van der Waals surface area contributed by atoms with E-state index in [-0.39, 0.29) is 11.8 Å². The van der Waals surface area contributed by atoms with Crippen molar-refractivity contribution in [3.63, 3.8) is 0 Å². The molecular weight excluding hydrogens is 336 g/mol. The summed E-state index contributed by atoms with van der Waals surface area (Å²) in [4.78, 5) is 0. The third kappa shape index (κ3) is 4.62. The van der Waals surface area contributed by atoms with Gasteiger partial charge in [0.15, 0.2) is 12.4 Å². The lowest BCUT2D eigenvalue weighted by Crippen LogP contribution is -2.60. The number of thiocarbonyl (C=S) groups is 1. The number of rotatable bonds is 5. The van der Waals surface area contributed by atoms with Crippen LogP contribution in [0.15, 0.2) is 24.3 Å². The van der Waals surface area contributed by atoms with E-state index in [1.165, 1.54) is 0 Å². The van der Waals surface area contributed by atoms with E-state index in [2.05, 4.69) is 0 Å². The maximum Gasteiger partial charge on any atom is 0.358 e. The van der Waals surface area contributed by atoms with Gasteiger partial charge in [0, 0.05) is 18.8 Å². The summed E-state index contributed by atoms with van der Waals surface area (Å²) in [5.41, 5.74) is 1.06. The fraction of sp³-hybridized carbons (Fsp3) is 0.562. The number of hydrogen-bond donors (Lipinski definition) is 3. The number of benzene rings is 1. The van der Waals surface area contributed by atoms with Crippen LogP contribution in [-0.2, 0) is 14.2 Å². The van der Waals surface area contributed by atoms with Crippen LogP contribution in [0, 0.1) is 6.92 Å². The highest BCUT2D eigenvalue weighted by Gasteiger charge is 2.47. The van der Waals surface area contributed by atoms with Crippen molar-refractivity contribution in [2.24, 2.45) is 0 Å². The molecule has 1 heterocycles. The molecule has 1 aliphatic heterocycles. The molecule has 1 fully saturated rings. The number of ether oxygens (including phenoxy) is 4. The summed E-state index contributed by atoms with van der Waals surface area (Å²) >= 11 is 5.02. The minimum atomic E-state index is -1.29. The van der Waals surface area contributed by atoms with Crippen LogP contribution in [-0.4, -0.2) is 64.5 Å². The predicted molar refractivity (Wildman–Crippen MR) is 88.7 cm³/mol. The van der Waals surface area contributed by atoms with Crippen molar-refractivity contribution in [3.05, 3.63) is 29.8 Å². The number of aliphatic hydroxyl groups excluding tert-OH is 3. The zero-order valence-corrected chi connectivity index (χ0v) is 14.3. The van der Waals surface area contributed by atoms with Gasteiger partial charge in [-0.15, -0.1) is 0 Å². The molecule has 2 rings (SSSR count). The molecule has 24 heavy (non-hydrogen) atoms. The van der Waals surface area contributed by atoms with E-state index in [0.29, 0.717) is 5.75 Å². The predicted octanol–water partition coefficient (Wildman–Crippen LogP) is 0.519. The highest BCUT2D eigenvalue weighted by atomic mass is 32.1. The molecule has 0 unspecified atom stereocenters. The van der Waals surface area contributed by atoms with Crippen LogP contribution >= 0.6 is 12.2 Å². The second kappa shape index (κ2) is 8.70. The Morgan fingerprint density at radius 1 is 1.21 bits per heavy atom. The maximum absolute atomic E-state index is 10.3. The third-order valence-corrected chi connectivity index (χ3v) is 3.79. The van der Waals surface area contributed by atoms with E-state index in [4.69, 9.17) is 31.2 Å². The summed E-state index contributed by atoms with van der Waals surface area (Å²) in [7, 11) is 0. The van der Waals surface area contributed by atoms with Crippen LogP contribution in [0.1, 0.15) is 12.5 Å². The Morgan fingerprint density at radius 3 is 2.46 bits per heavy atom. The van der Waals surface area contributed by atoms with Crippen molar-refractivity contribution in [1.82, 2.24) is 0 Å². The first-order valence-corrected chi connectivity index (χ1v) is 8.06. The van der Waals surface area contributed by atoms with Crippen LogP contribution in [0.3, 0.4) is 0 Å². The zero-order chi connectivity index (χ0) is 17.7. The molecule has 8 heteroatoms. The van der Waals surface area contributed by atoms with Crippen molar-refractivity contribution >= 4 is 17.5 Å². The SMILES string of the molecule is CCO[C@H]1O[C@H](CO)[C@H](O)[C@H](OC(=S)Oc2ccc(C)cc2)[C@H]1O. The smallest absolute Gasteiger partial charge is 0.358 e. The van der Waals surface area contributed by atoms with Gasteiger partial charge in [0.2, 0.25) is 0 Å². The maximum atomic E-state index is 10.3. The highest BCUT2D eigenvalue weighted by molar-refractivity contribution is 7.79. The molecule has 3 N–H and O–H groups in total. The highest BCUT2D eigenvalue weighted by Crippen LogP contribution is 2.25. The standard InChI is InChI=1S/C16H22O7S/c1-3-20-15-13(19)14(12(18)11(8-17)22-15)23-16(24)21-10-6-4-9(2)5-7-10/h4-7,11-15,17-19H,3,8H2,1-2H3/t11-,12+,13-,14+,15+/m1/s1. The van der Waals surface area contributed by atoms with Gasteiger partial charge in [-0.3, -0.25) is 0 Å². The molecule has 5 atom stereocenters. The molecule has 1 aliphatic rings. The lowest BCUT2D eigenvalue weighted by molar-refractivity contribution is -0.298. The first-order chi connectivity index (χ1) is 11.5. The summed E-state index contributed by atoms with van der Waals surface area (Å²) in [6.07, 6.45) is -5.73. The summed E-state index contributed by atoms with van der Waals surface area (Å²) < 4.78 is 21.3. The molecule has 0 aliphatic carbocycles. The second-order valence-corrected chi connectivity index (χ2v) is 5.74. The first kappa shape index (κ1) is 19.0. The van der Waals surface area contributed by atoms with Crippen LogP contribution < -0.4 is 4.74 Å². The van der Waals surface area contributed by atoms with Crippen molar-refractivity contribution in [2.45, 2.75) is 44.6 Å². The minimum Gasteiger partial charge on any atom is -0.447 e. The van der Waals surface area contributed by atoms with Gasteiger partial charge >= 0.3 is 5.24 Å². The van der Waals surface area contributed by atoms with Crippen LogP contribution in [0.2, 0.25) is 0 Å². The Labute approximate surface area is 145 Å². The minimum absolute atomic E-state index is 0.254. The van der Waals surface area contributed by atoms with Gasteiger partial charge in [0.05, 0.1) is 6.61 Å². The third-order valence-electron chi connectivity index (χ3n) is 3.61. The average Bonchev–Trinajstić information content (AvgIpc) is 2.56. The van der Waals surface area contributed by atoms with Crippen LogP contribution in [0.25, 0.3) is 0 Å². The van der Waals surface area contributed by atoms with E-state index >= 15 is 0 Å². The number of aryl methyl sites for hydroxylation is 1. The summed E-state index contributed by atoms with van der Waals surface area (Å²) in [6, 6.07) is 7.15. The lowest BCUT2D eigenvalue weighted by atomic mass is 9.99. The lowest BCUT2D eigenvalue weighted by Gasteiger charge is -2.41. The molecule has 0 radical (unpaired) electrons.